The van der Waals surface area contributed by atoms with E-state index in [0.717, 1.165) is 11.1 Å². The maximum Gasteiger partial charge on any atom is 0.490 e. The fourth-order valence-corrected chi connectivity index (χ4v) is 4.15. The van der Waals surface area contributed by atoms with E-state index in [1.807, 2.05) is 38.7 Å². The monoisotopic (exact) mass is 490 g/mol. The molecule has 3 N–H and O–H groups in total. The quantitative estimate of drug-likeness (QED) is 0.529. The third-order valence-electron chi connectivity index (χ3n) is 4.33. The summed E-state index contributed by atoms with van der Waals surface area (Å²) in [6, 6.07) is 9.63. The van der Waals surface area contributed by atoms with E-state index in [2.05, 4.69) is 4.72 Å². The van der Waals surface area contributed by atoms with Gasteiger partial charge in [0, 0.05) is 18.8 Å². The number of halogens is 3. The van der Waals surface area contributed by atoms with E-state index in [1.165, 1.54) is 6.07 Å². The Hall–Kier alpha value is -3.28. The third kappa shape index (κ3) is 7.97. The lowest BCUT2D eigenvalue weighted by atomic mass is 10.1. The standard InChI is InChI=1S/C19H24N2O4S.C2HF3O2/c1-5-21(6-2)18-8-7-15(12-17(18)19(22)23)20-26(24,25)16-10-13(3)9-14(4)11-16;3-2(4,5)1(6)7/h7-12,20H,5-6H2,1-4H3,(H,22,23);(H,6,7). The number of alkyl halides is 3. The number of carbonyl (C=O) groups is 2. The number of sulfonamides is 1. The normalized spacial score (nSPS) is 11.2. The highest BCUT2D eigenvalue weighted by molar-refractivity contribution is 7.92. The zero-order valence-corrected chi connectivity index (χ0v) is 19.2. The van der Waals surface area contributed by atoms with Crippen LogP contribution in [-0.2, 0) is 14.8 Å². The largest absolute Gasteiger partial charge is 0.490 e. The zero-order chi connectivity index (χ0) is 25.6. The first-order valence-corrected chi connectivity index (χ1v) is 11.1. The molecule has 0 spiro atoms. The van der Waals surface area contributed by atoms with Gasteiger partial charge in [-0.2, -0.15) is 13.2 Å². The van der Waals surface area contributed by atoms with E-state index in [0.29, 0.717) is 18.8 Å². The number of anilines is 2. The van der Waals surface area contributed by atoms with E-state index >= 15 is 0 Å². The molecule has 0 atom stereocenters. The summed E-state index contributed by atoms with van der Waals surface area (Å²) in [7, 11) is -3.80. The summed E-state index contributed by atoms with van der Waals surface area (Å²) in [4.78, 5) is 22.6. The number of aromatic carboxylic acids is 1. The Morgan fingerprint density at radius 2 is 1.45 bits per heavy atom. The molecule has 0 aromatic heterocycles. The minimum Gasteiger partial charge on any atom is -0.478 e. The highest BCUT2D eigenvalue weighted by Crippen LogP contribution is 2.26. The first-order valence-electron chi connectivity index (χ1n) is 9.65. The van der Waals surface area contributed by atoms with Crippen LogP contribution < -0.4 is 9.62 Å². The lowest BCUT2D eigenvalue weighted by Crippen LogP contribution is -2.24. The maximum atomic E-state index is 12.6. The molecular formula is C21H25F3N2O6S. The van der Waals surface area contributed by atoms with Crippen molar-refractivity contribution >= 4 is 33.3 Å². The minimum atomic E-state index is -5.08. The van der Waals surface area contributed by atoms with Crippen LogP contribution in [0.4, 0.5) is 24.5 Å². The number of benzene rings is 2. The first kappa shape index (κ1) is 27.8. The Kier molecular flexibility index (Phi) is 9.28. The predicted octanol–water partition coefficient (Wildman–Crippen LogP) is 4.28. The van der Waals surface area contributed by atoms with Gasteiger partial charge in [0.25, 0.3) is 10.0 Å². The number of nitrogens with zero attached hydrogens (tertiary/aromatic N) is 1. The molecule has 0 radical (unpaired) electrons. The number of carboxylic acid groups (broad SMARTS) is 2. The SMILES string of the molecule is CCN(CC)c1ccc(NS(=O)(=O)c2cc(C)cc(C)c2)cc1C(=O)O.O=C(O)C(F)(F)F. The summed E-state index contributed by atoms with van der Waals surface area (Å²) < 4.78 is 59.5. The van der Waals surface area contributed by atoms with Crippen LogP contribution in [-0.4, -0.2) is 49.8 Å². The van der Waals surface area contributed by atoms with Gasteiger partial charge in [0.05, 0.1) is 16.1 Å². The van der Waals surface area contributed by atoms with Gasteiger partial charge in [0.1, 0.15) is 0 Å². The highest BCUT2D eigenvalue weighted by atomic mass is 32.2. The number of hydrogen-bond acceptors (Lipinski definition) is 5. The van der Waals surface area contributed by atoms with Crippen molar-refractivity contribution in [1.29, 1.82) is 0 Å². The molecule has 33 heavy (non-hydrogen) atoms. The molecular weight excluding hydrogens is 465 g/mol. The fourth-order valence-electron chi connectivity index (χ4n) is 2.91. The van der Waals surface area contributed by atoms with E-state index in [1.54, 1.807) is 24.3 Å². The molecule has 0 unspecified atom stereocenters. The molecule has 0 heterocycles. The molecule has 0 bridgehead atoms. The van der Waals surface area contributed by atoms with Gasteiger partial charge >= 0.3 is 18.1 Å². The zero-order valence-electron chi connectivity index (χ0n) is 18.4. The fraction of sp³-hybridized carbons (Fsp3) is 0.333. The Balaban J connectivity index is 0.000000675. The van der Waals surface area contributed by atoms with Crippen LogP contribution in [0.3, 0.4) is 0 Å². The van der Waals surface area contributed by atoms with Crippen LogP contribution in [0, 0.1) is 13.8 Å². The molecule has 0 saturated heterocycles. The van der Waals surface area contributed by atoms with Crippen LogP contribution in [0.2, 0.25) is 0 Å². The molecule has 0 amide bonds. The summed E-state index contributed by atoms with van der Waals surface area (Å²) in [5, 5.41) is 16.6. The average Bonchev–Trinajstić information content (AvgIpc) is 2.68. The van der Waals surface area contributed by atoms with Crippen LogP contribution in [0.15, 0.2) is 41.3 Å². The molecule has 2 aromatic carbocycles. The smallest absolute Gasteiger partial charge is 0.478 e. The second kappa shape index (κ2) is 11.0. The molecule has 8 nitrogen and oxygen atoms in total. The maximum absolute atomic E-state index is 12.6. The van der Waals surface area contributed by atoms with Crippen molar-refractivity contribution in [3.05, 3.63) is 53.1 Å². The second-order valence-corrected chi connectivity index (χ2v) is 8.62. The van der Waals surface area contributed by atoms with E-state index in [-0.39, 0.29) is 16.1 Å². The topological polar surface area (TPSA) is 124 Å². The van der Waals surface area contributed by atoms with Crippen molar-refractivity contribution in [3.63, 3.8) is 0 Å². The first-order chi connectivity index (χ1) is 15.1. The van der Waals surface area contributed by atoms with Gasteiger partial charge in [0.15, 0.2) is 0 Å². The summed E-state index contributed by atoms with van der Waals surface area (Å²) in [6.45, 7) is 8.84. The van der Waals surface area contributed by atoms with Crippen LogP contribution in [0.5, 0.6) is 0 Å². The molecule has 2 rings (SSSR count). The van der Waals surface area contributed by atoms with E-state index in [9.17, 15) is 31.5 Å². The van der Waals surface area contributed by atoms with Gasteiger partial charge in [-0.05, 0) is 69.2 Å². The minimum absolute atomic E-state index is 0.0642. The van der Waals surface area contributed by atoms with Crippen LogP contribution in [0.1, 0.15) is 35.3 Å². The van der Waals surface area contributed by atoms with Gasteiger partial charge in [-0.1, -0.05) is 6.07 Å². The molecule has 2 aromatic rings. The summed E-state index contributed by atoms with van der Waals surface area (Å²) in [6.07, 6.45) is -5.08. The molecule has 0 aliphatic rings. The highest BCUT2D eigenvalue weighted by Gasteiger charge is 2.38. The number of aliphatic carboxylic acids is 1. The van der Waals surface area contributed by atoms with Crippen LogP contribution in [0.25, 0.3) is 0 Å². The number of rotatable bonds is 7. The molecule has 182 valence electrons. The number of carboxylic acids is 2. The van der Waals surface area contributed by atoms with Gasteiger partial charge in [-0.15, -0.1) is 0 Å². The Bertz CT molecular complexity index is 1090. The van der Waals surface area contributed by atoms with Crippen molar-refractivity contribution in [2.24, 2.45) is 0 Å². The molecule has 0 aliphatic carbocycles. The molecule has 0 aliphatic heterocycles. The van der Waals surface area contributed by atoms with Crippen molar-refractivity contribution in [3.8, 4) is 0 Å². The van der Waals surface area contributed by atoms with Gasteiger partial charge in [-0.3, -0.25) is 4.72 Å². The Labute approximate surface area is 189 Å². The lowest BCUT2D eigenvalue weighted by molar-refractivity contribution is -0.192. The summed E-state index contributed by atoms with van der Waals surface area (Å²) >= 11 is 0. The van der Waals surface area contributed by atoms with Crippen LogP contribution >= 0.6 is 0 Å². The van der Waals surface area contributed by atoms with E-state index < -0.39 is 28.1 Å². The van der Waals surface area contributed by atoms with Crippen molar-refractivity contribution in [2.45, 2.75) is 38.8 Å². The van der Waals surface area contributed by atoms with Crippen molar-refractivity contribution in [2.75, 3.05) is 22.7 Å². The van der Waals surface area contributed by atoms with Gasteiger partial charge in [0.2, 0.25) is 0 Å². The molecule has 12 heteroatoms. The van der Waals surface area contributed by atoms with Gasteiger partial charge < -0.3 is 15.1 Å². The lowest BCUT2D eigenvalue weighted by Gasteiger charge is -2.23. The third-order valence-corrected chi connectivity index (χ3v) is 5.69. The van der Waals surface area contributed by atoms with Gasteiger partial charge in [-0.25, -0.2) is 18.0 Å². The summed E-state index contributed by atoms with van der Waals surface area (Å²) in [5.41, 5.74) is 2.53. The molecule has 0 fully saturated rings. The second-order valence-electron chi connectivity index (χ2n) is 6.94. The average molecular weight is 491 g/mol. The number of nitrogens with one attached hydrogen (secondary N) is 1. The Morgan fingerprint density at radius 3 is 1.85 bits per heavy atom. The van der Waals surface area contributed by atoms with E-state index in [4.69, 9.17) is 9.90 Å². The van der Waals surface area contributed by atoms with Crippen molar-refractivity contribution in [1.82, 2.24) is 0 Å². The number of hydrogen-bond donors (Lipinski definition) is 3. The summed E-state index contributed by atoms with van der Waals surface area (Å²) in [5.74, 6) is -3.85. The Morgan fingerprint density at radius 1 is 0.970 bits per heavy atom. The van der Waals surface area contributed by atoms with Crippen molar-refractivity contribution < 1.29 is 41.4 Å². The molecule has 0 saturated carbocycles. The number of aryl methyl sites for hydroxylation is 2. The predicted molar refractivity (Wildman–Crippen MR) is 117 cm³/mol.